The fourth-order valence-electron chi connectivity index (χ4n) is 0.931. The maximum Gasteiger partial charge on any atom is 0.123 e. The Morgan fingerprint density at radius 3 is 2.64 bits per heavy atom. The molecule has 0 N–H and O–H groups in total. The fourth-order valence-corrected chi connectivity index (χ4v) is 1.14. The monoisotopic (exact) mass is 170 g/mol. The zero-order chi connectivity index (χ0) is 8.43. The quantitative estimate of drug-likeness (QED) is 0.607. The van der Waals surface area contributed by atoms with Crippen molar-refractivity contribution >= 4 is 16.6 Å². The van der Waals surface area contributed by atoms with Crippen LogP contribution in [0.15, 0.2) is 24.8 Å². The highest BCUT2D eigenvalue weighted by Crippen LogP contribution is 2.20. The molecule has 1 aromatic carbocycles. The van der Waals surface area contributed by atoms with Crippen LogP contribution in [0.25, 0.3) is 5.03 Å². The molecule has 0 nitrogen and oxygen atoms in total. The Morgan fingerprint density at radius 1 is 1.55 bits per heavy atom. The topological polar surface area (TPSA) is 0 Å². The first-order chi connectivity index (χ1) is 5.11. The van der Waals surface area contributed by atoms with Crippen LogP contribution in [-0.2, 0) is 0 Å². The van der Waals surface area contributed by atoms with Crippen LogP contribution in [0.2, 0.25) is 0 Å². The van der Waals surface area contributed by atoms with Gasteiger partial charge in [-0.05, 0) is 30.2 Å². The molecule has 2 heteroatoms. The Hall–Kier alpha value is -0.820. The largest absolute Gasteiger partial charge is 0.207 e. The number of benzene rings is 1. The summed E-state index contributed by atoms with van der Waals surface area (Å²) in [6, 6.07) is 4.43. The smallest absolute Gasteiger partial charge is 0.123 e. The summed E-state index contributed by atoms with van der Waals surface area (Å²) < 4.78 is 12.5. The molecule has 0 saturated heterocycles. The van der Waals surface area contributed by atoms with Crippen molar-refractivity contribution in [2.24, 2.45) is 0 Å². The van der Waals surface area contributed by atoms with E-state index in [-0.39, 0.29) is 5.82 Å². The van der Waals surface area contributed by atoms with Gasteiger partial charge in [0.05, 0.1) is 0 Å². The molecule has 0 amide bonds. The van der Waals surface area contributed by atoms with Gasteiger partial charge < -0.3 is 0 Å². The minimum atomic E-state index is -0.246. The van der Waals surface area contributed by atoms with Gasteiger partial charge in [-0.25, -0.2) is 4.39 Å². The molecule has 0 saturated carbocycles. The zero-order valence-corrected chi connectivity index (χ0v) is 6.95. The third-order valence-electron chi connectivity index (χ3n) is 1.48. The molecule has 0 aliphatic heterocycles. The third-order valence-corrected chi connectivity index (χ3v) is 1.68. The summed E-state index contributed by atoms with van der Waals surface area (Å²) in [7, 11) is 0. The molecule has 0 aliphatic carbocycles. The summed E-state index contributed by atoms with van der Waals surface area (Å²) in [4.78, 5) is 0. The average molecular weight is 171 g/mol. The van der Waals surface area contributed by atoms with Crippen molar-refractivity contribution in [2.45, 2.75) is 6.92 Å². The van der Waals surface area contributed by atoms with Crippen LogP contribution in [0.1, 0.15) is 11.1 Å². The van der Waals surface area contributed by atoms with Crippen molar-refractivity contribution in [1.82, 2.24) is 0 Å². The van der Waals surface area contributed by atoms with E-state index < -0.39 is 0 Å². The Kier molecular flexibility index (Phi) is 2.30. The van der Waals surface area contributed by atoms with Crippen molar-refractivity contribution in [3.05, 3.63) is 41.7 Å². The second-order valence-electron chi connectivity index (χ2n) is 2.36. The van der Waals surface area contributed by atoms with E-state index in [0.29, 0.717) is 5.03 Å². The predicted octanol–water partition coefficient (Wildman–Crippen LogP) is 3.34. The van der Waals surface area contributed by atoms with Gasteiger partial charge in [0, 0.05) is 5.03 Å². The summed E-state index contributed by atoms with van der Waals surface area (Å²) in [6.45, 7) is 5.36. The average Bonchev–Trinajstić information content (AvgIpc) is 1.85. The van der Waals surface area contributed by atoms with Gasteiger partial charge in [-0.1, -0.05) is 24.2 Å². The van der Waals surface area contributed by atoms with Gasteiger partial charge in [-0.15, -0.1) is 0 Å². The van der Waals surface area contributed by atoms with E-state index in [2.05, 4.69) is 6.58 Å². The molecule has 0 fully saturated rings. The summed E-state index contributed by atoms with van der Waals surface area (Å²) in [5.74, 6) is -0.246. The lowest BCUT2D eigenvalue weighted by molar-refractivity contribution is 0.626. The molecule has 58 valence electrons. The number of hydrogen-bond donors (Lipinski definition) is 0. The van der Waals surface area contributed by atoms with Crippen molar-refractivity contribution in [2.75, 3.05) is 0 Å². The fraction of sp³-hybridized carbons (Fsp3) is 0.111. The molecule has 0 unspecified atom stereocenters. The van der Waals surface area contributed by atoms with Gasteiger partial charge in [0.1, 0.15) is 5.82 Å². The highest BCUT2D eigenvalue weighted by Gasteiger charge is 2.00. The first-order valence-corrected chi connectivity index (χ1v) is 3.60. The number of rotatable bonds is 1. The van der Waals surface area contributed by atoms with E-state index in [9.17, 15) is 4.39 Å². The molecular formula is C9H8ClF. The van der Waals surface area contributed by atoms with Crippen molar-refractivity contribution in [3.63, 3.8) is 0 Å². The molecule has 0 heterocycles. The van der Waals surface area contributed by atoms with Gasteiger partial charge in [0.15, 0.2) is 0 Å². The molecule has 0 bridgehead atoms. The van der Waals surface area contributed by atoms with Gasteiger partial charge in [0.2, 0.25) is 0 Å². The second kappa shape index (κ2) is 3.05. The lowest BCUT2D eigenvalue weighted by Crippen LogP contribution is -1.84. The molecule has 1 rings (SSSR count). The maximum atomic E-state index is 12.5. The van der Waals surface area contributed by atoms with Crippen molar-refractivity contribution in [1.29, 1.82) is 0 Å². The van der Waals surface area contributed by atoms with Crippen LogP contribution in [0.4, 0.5) is 4.39 Å². The highest BCUT2D eigenvalue weighted by molar-refractivity contribution is 6.48. The molecule has 0 spiro atoms. The minimum absolute atomic E-state index is 0.246. The minimum Gasteiger partial charge on any atom is -0.207 e. The number of aryl methyl sites for hydroxylation is 1. The summed E-state index contributed by atoms with van der Waals surface area (Å²) in [5, 5.41) is 0.447. The first-order valence-electron chi connectivity index (χ1n) is 3.22. The Bertz CT molecular complexity index is 292. The van der Waals surface area contributed by atoms with E-state index in [1.165, 1.54) is 12.1 Å². The number of halogens is 2. The molecule has 0 atom stereocenters. The normalized spacial score (nSPS) is 9.73. The first kappa shape index (κ1) is 8.28. The molecule has 0 aromatic heterocycles. The van der Waals surface area contributed by atoms with Crippen molar-refractivity contribution < 1.29 is 4.39 Å². The molecule has 11 heavy (non-hydrogen) atoms. The Labute approximate surface area is 70.3 Å². The van der Waals surface area contributed by atoms with E-state index in [4.69, 9.17) is 11.6 Å². The van der Waals surface area contributed by atoms with E-state index in [1.807, 2.05) is 0 Å². The molecule has 0 radical (unpaired) electrons. The maximum absolute atomic E-state index is 12.5. The summed E-state index contributed by atoms with van der Waals surface area (Å²) in [5.41, 5.74) is 1.61. The Balaban J connectivity index is 3.20. The molecule has 0 aliphatic rings. The van der Waals surface area contributed by atoms with E-state index in [1.54, 1.807) is 13.0 Å². The van der Waals surface area contributed by atoms with E-state index >= 15 is 0 Å². The standard InChI is InChI=1S/C9H8ClF/c1-6-5-8(11)3-4-9(6)7(2)10/h3-5H,2H2,1H3. The molecule has 1 aromatic rings. The third kappa shape index (κ3) is 1.81. The van der Waals surface area contributed by atoms with E-state index in [0.717, 1.165) is 11.1 Å². The molecular weight excluding hydrogens is 163 g/mol. The van der Waals surface area contributed by atoms with Gasteiger partial charge in [-0.3, -0.25) is 0 Å². The Morgan fingerprint density at radius 2 is 2.18 bits per heavy atom. The SMILES string of the molecule is C=C(Cl)c1ccc(F)cc1C. The summed E-state index contributed by atoms with van der Waals surface area (Å²) in [6.07, 6.45) is 0. The van der Waals surface area contributed by atoms with Gasteiger partial charge >= 0.3 is 0 Å². The summed E-state index contributed by atoms with van der Waals surface area (Å²) >= 11 is 5.64. The number of hydrogen-bond acceptors (Lipinski definition) is 0. The van der Waals surface area contributed by atoms with Crippen LogP contribution in [0, 0.1) is 12.7 Å². The lowest BCUT2D eigenvalue weighted by atomic mass is 10.1. The second-order valence-corrected chi connectivity index (χ2v) is 2.82. The van der Waals surface area contributed by atoms with Gasteiger partial charge in [0.25, 0.3) is 0 Å². The van der Waals surface area contributed by atoms with Crippen molar-refractivity contribution in [3.8, 4) is 0 Å². The predicted molar refractivity (Wildman–Crippen MR) is 46.0 cm³/mol. The van der Waals surface area contributed by atoms with Crippen LogP contribution in [0.3, 0.4) is 0 Å². The zero-order valence-electron chi connectivity index (χ0n) is 6.20. The van der Waals surface area contributed by atoms with Crippen LogP contribution < -0.4 is 0 Å². The van der Waals surface area contributed by atoms with Gasteiger partial charge in [-0.2, -0.15) is 0 Å². The lowest BCUT2D eigenvalue weighted by Gasteiger charge is -2.01. The highest BCUT2D eigenvalue weighted by atomic mass is 35.5. The van der Waals surface area contributed by atoms with Crippen LogP contribution in [-0.4, -0.2) is 0 Å². The van der Waals surface area contributed by atoms with Crippen LogP contribution in [0.5, 0.6) is 0 Å². The van der Waals surface area contributed by atoms with Crippen LogP contribution >= 0.6 is 11.6 Å².